The molecule has 3 nitrogen and oxygen atoms in total. The summed E-state index contributed by atoms with van der Waals surface area (Å²) in [5.74, 6) is 0.0295. The Kier molecular flexibility index (Phi) is 3.91. The van der Waals surface area contributed by atoms with Gasteiger partial charge >= 0.3 is 0 Å². The van der Waals surface area contributed by atoms with Gasteiger partial charge < -0.3 is 11.1 Å². The van der Waals surface area contributed by atoms with Gasteiger partial charge in [-0.2, -0.15) is 0 Å². The van der Waals surface area contributed by atoms with E-state index in [1.54, 1.807) is 0 Å². The molecule has 0 aromatic carbocycles. The summed E-state index contributed by atoms with van der Waals surface area (Å²) < 4.78 is 0. The van der Waals surface area contributed by atoms with E-state index in [4.69, 9.17) is 5.73 Å². The molecule has 0 aliphatic carbocycles. The third-order valence-electron chi connectivity index (χ3n) is 2.71. The van der Waals surface area contributed by atoms with Gasteiger partial charge in [-0.05, 0) is 34.1 Å². The third-order valence-corrected chi connectivity index (χ3v) is 2.71. The molecule has 0 fully saturated rings. The van der Waals surface area contributed by atoms with Crippen molar-refractivity contribution in [2.45, 2.75) is 46.6 Å². The van der Waals surface area contributed by atoms with E-state index in [-0.39, 0.29) is 5.91 Å². The first-order valence-corrected chi connectivity index (χ1v) is 4.80. The van der Waals surface area contributed by atoms with Crippen molar-refractivity contribution >= 4 is 5.91 Å². The van der Waals surface area contributed by atoms with E-state index in [1.165, 1.54) is 0 Å². The third kappa shape index (κ3) is 2.99. The summed E-state index contributed by atoms with van der Waals surface area (Å²) >= 11 is 0. The van der Waals surface area contributed by atoms with Gasteiger partial charge in [-0.25, -0.2) is 0 Å². The highest BCUT2D eigenvalue weighted by Gasteiger charge is 2.39. The molecule has 13 heavy (non-hydrogen) atoms. The van der Waals surface area contributed by atoms with E-state index in [2.05, 4.69) is 5.32 Å². The Labute approximate surface area is 81.1 Å². The molecule has 0 radical (unpaired) electrons. The van der Waals surface area contributed by atoms with Crippen LogP contribution in [0.2, 0.25) is 0 Å². The molecule has 0 aromatic rings. The zero-order chi connectivity index (χ0) is 10.7. The Bertz CT molecular complexity index is 180. The van der Waals surface area contributed by atoms with Crippen LogP contribution in [0.1, 0.15) is 41.0 Å². The van der Waals surface area contributed by atoms with Crippen LogP contribution in [0.15, 0.2) is 0 Å². The maximum atomic E-state index is 11.7. The van der Waals surface area contributed by atoms with Crippen molar-refractivity contribution in [3.8, 4) is 0 Å². The number of nitrogens with one attached hydrogen (secondary N) is 1. The zero-order valence-electron chi connectivity index (χ0n) is 9.40. The summed E-state index contributed by atoms with van der Waals surface area (Å²) in [4.78, 5) is 11.7. The Hall–Kier alpha value is -0.570. The molecule has 0 saturated heterocycles. The van der Waals surface area contributed by atoms with E-state index >= 15 is 0 Å². The van der Waals surface area contributed by atoms with Crippen molar-refractivity contribution in [2.75, 3.05) is 6.54 Å². The fourth-order valence-electron chi connectivity index (χ4n) is 0.752. The number of amides is 1. The molecule has 0 aliphatic heterocycles. The number of carbonyl (C=O) groups excluding carboxylic acids is 1. The first-order chi connectivity index (χ1) is 5.73. The minimum atomic E-state index is -0.526. The van der Waals surface area contributed by atoms with Crippen LogP contribution in [-0.2, 0) is 4.79 Å². The summed E-state index contributed by atoms with van der Waals surface area (Å²) in [5.41, 5.74) is 4.90. The van der Waals surface area contributed by atoms with Crippen LogP contribution < -0.4 is 11.1 Å². The number of hydrogen-bond acceptors (Lipinski definition) is 2. The predicted octanol–water partition coefficient (Wildman–Crippen LogP) is 1.28. The molecular weight excluding hydrogens is 164 g/mol. The van der Waals surface area contributed by atoms with Gasteiger partial charge in [0.1, 0.15) is 0 Å². The molecule has 3 N–H and O–H groups in total. The summed E-state index contributed by atoms with van der Waals surface area (Å²) in [6.45, 7) is 10.2. The molecule has 0 aliphatic rings. The van der Waals surface area contributed by atoms with Crippen molar-refractivity contribution < 1.29 is 4.79 Å². The zero-order valence-corrected chi connectivity index (χ0v) is 9.40. The van der Waals surface area contributed by atoms with Crippen molar-refractivity contribution in [2.24, 2.45) is 11.1 Å². The van der Waals surface area contributed by atoms with Gasteiger partial charge in [0.2, 0.25) is 5.91 Å². The maximum absolute atomic E-state index is 11.7. The highest BCUT2D eigenvalue weighted by atomic mass is 16.2. The molecule has 0 unspecified atom stereocenters. The normalized spacial score (nSPS) is 12.8. The second kappa shape index (κ2) is 4.09. The lowest BCUT2D eigenvalue weighted by atomic mass is 9.74. The fraction of sp³-hybridized carbons (Fsp3) is 0.900. The molecule has 1 amide bonds. The largest absolute Gasteiger partial charge is 0.356 e. The van der Waals surface area contributed by atoms with Crippen LogP contribution in [0.3, 0.4) is 0 Å². The summed E-state index contributed by atoms with van der Waals surface area (Å²) in [7, 11) is 0. The van der Waals surface area contributed by atoms with E-state index in [0.29, 0.717) is 0 Å². The Morgan fingerprint density at radius 3 is 2.08 bits per heavy atom. The SMILES string of the molecule is CCCNC(=O)C(C)(C)C(C)(C)N. The first-order valence-electron chi connectivity index (χ1n) is 4.80. The minimum Gasteiger partial charge on any atom is -0.356 e. The van der Waals surface area contributed by atoms with E-state index in [1.807, 2.05) is 34.6 Å². The van der Waals surface area contributed by atoms with Crippen molar-refractivity contribution in [1.82, 2.24) is 5.32 Å². The van der Waals surface area contributed by atoms with Crippen LogP contribution in [0.5, 0.6) is 0 Å². The van der Waals surface area contributed by atoms with Crippen molar-refractivity contribution in [3.63, 3.8) is 0 Å². The maximum Gasteiger partial charge on any atom is 0.227 e. The molecule has 0 rings (SSSR count). The topological polar surface area (TPSA) is 55.1 Å². The van der Waals surface area contributed by atoms with E-state index < -0.39 is 11.0 Å². The quantitative estimate of drug-likeness (QED) is 0.695. The molecule has 0 heterocycles. The molecule has 0 aromatic heterocycles. The standard InChI is InChI=1S/C10H22N2O/c1-6-7-12-8(13)9(2,3)10(4,5)11/h6-7,11H2,1-5H3,(H,12,13). The number of hydrogen-bond donors (Lipinski definition) is 2. The van der Waals surface area contributed by atoms with Gasteiger partial charge in [0.15, 0.2) is 0 Å². The van der Waals surface area contributed by atoms with E-state index in [0.717, 1.165) is 13.0 Å². The minimum absolute atomic E-state index is 0.0295. The van der Waals surface area contributed by atoms with Gasteiger partial charge in [0.25, 0.3) is 0 Å². The molecule has 0 atom stereocenters. The van der Waals surface area contributed by atoms with Crippen LogP contribution in [0.4, 0.5) is 0 Å². The summed E-state index contributed by atoms with van der Waals surface area (Å²) in [6, 6.07) is 0. The molecular formula is C10H22N2O. The lowest BCUT2D eigenvalue weighted by Gasteiger charge is -2.36. The Morgan fingerprint density at radius 2 is 1.77 bits per heavy atom. The van der Waals surface area contributed by atoms with Gasteiger partial charge in [0, 0.05) is 12.1 Å². The van der Waals surface area contributed by atoms with Gasteiger partial charge in [-0.3, -0.25) is 4.79 Å². The smallest absolute Gasteiger partial charge is 0.227 e. The molecule has 78 valence electrons. The lowest BCUT2D eigenvalue weighted by Crippen LogP contribution is -2.55. The lowest BCUT2D eigenvalue weighted by molar-refractivity contribution is -0.132. The van der Waals surface area contributed by atoms with Gasteiger partial charge in [-0.1, -0.05) is 6.92 Å². The summed E-state index contributed by atoms with van der Waals surface area (Å²) in [5, 5.41) is 2.86. The van der Waals surface area contributed by atoms with Crippen LogP contribution in [0.25, 0.3) is 0 Å². The van der Waals surface area contributed by atoms with Crippen molar-refractivity contribution in [3.05, 3.63) is 0 Å². The average Bonchev–Trinajstić information content (AvgIpc) is 1.97. The van der Waals surface area contributed by atoms with Crippen LogP contribution >= 0.6 is 0 Å². The molecule has 0 spiro atoms. The average molecular weight is 186 g/mol. The highest BCUT2D eigenvalue weighted by Crippen LogP contribution is 2.28. The van der Waals surface area contributed by atoms with Gasteiger partial charge in [-0.15, -0.1) is 0 Å². The fourth-order valence-corrected chi connectivity index (χ4v) is 0.752. The molecule has 0 bridgehead atoms. The Morgan fingerprint density at radius 1 is 1.31 bits per heavy atom. The first kappa shape index (κ1) is 12.4. The number of rotatable bonds is 4. The van der Waals surface area contributed by atoms with Gasteiger partial charge in [0.05, 0.1) is 5.41 Å². The Balaban J connectivity index is 4.37. The van der Waals surface area contributed by atoms with Crippen LogP contribution in [-0.4, -0.2) is 18.0 Å². The molecule has 3 heteroatoms. The second-order valence-corrected chi connectivity index (χ2v) is 4.60. The highest BCUT2D eigenvalue weighted by molar-refractivity contribution is 5.83. The van der Waals surface area contributed by atoms with E-state index in [9.17, 15) is 4.79 Å². The monoisotopic (exact) mass is 186 g/mol. The van der Waals surface area contributed by atoms with Crippen LogP contribution in [0, 0.1) is 5.41 Å². The number of carbonyl (C=O) groups is 1. The number of nitrogens with two attached hydrogens (primary N) is 1. The van der Waals surface area contributed by atoms with Crippen molar-refractivity contribution in [1.29, 1.82) is 0 Å². The molecule has 0 saturated carbocycles. The predicted molar refractivity (Wildman–Crippen MR) is 55.3 cm³/mol. The summed E-state index contributed by atoms with van der Waals surface area (Å²) in [6.07, 6.45) is 0.951. The second-order valence-electron chi connectivity index (χ2n) is 4.60.